The van der Waals surface area contributed by atoms with Crippen molar-refractivity contribution in [3.05, 3.63) is 184 Å². The van der Waals surface area contributed by atoms with E-state index in [1.165, 1.54) is 72.3 Å². The maximum Gasteiger partial charge on any atom is 0.119 e. The molecule has 3 aliphatic rings. The van der Waals surface area contributed by atoms with Gasteiger partial charge in [0.25, 0.3) is 0 Å². The Hall–Kier alpha value is -5.64. The van der Waals surface area contributed by atoms with Crippen LogP contribution in [0.25, 0.3) is 40.0 Å². The van der Waals surface area contributed by atoms with Crippen LogP contribution in [0.3, 0.4) is 0 Å². The Morgan fingerprint density at radius 1 is 0.596 bits per heavy atom. The average Bonchev–Trinajstić information content (AvgIpc) is 3.50. The highest BCUT2D eigenvalue weighted by atomic mass is 16.5. The van der Waals surface area contributed by atoms with Crippen molar-refractivity contribution in [2.24, 2.45) is 0 Å². The molecule has 1 unspecified atom stereocenters. The molecular weight excluding hydrogens is 637 g/mol. The molecular formula is C49H42O3. The smallest absolute Gasteiger partial charge is 0.119 e. The Labute approximate surface area is 306 Å². The zero-order valence-corrected chi connectivity index (χ0v) is 29.6. The fourth-order valence-corrected chi connectivity index (χ4v) is 8.71. The fraction of sp³-hybridized carbons (Fsp3) is 0.184. The monoisotopic (exact) mass is 678 g/mol. The van der Waals surface area contributed by atoms with Crippen LogP contribution in [0, 0.1) is 0 Å². The molecule has 0 aromatic heterocycles. The summed E-state index contributed by atoms with van der Waals surface area (Å²) in [5.74, 6) is 1.61. The summed E-state index contributed by atoms with van der Waals surface area (Å²) in [5, 5.41) is 9.36. The first-order valence-corrected chi connectivity index (χ1v) is 18.6. The van der Waals surface area contributed by atoms with Crippen LogP contribution >= 0.6 is 0 Å². The third-order valence-electron chi connectivity index (χ3n) is 11.2. The number of hydrogen-bond donors (Lipinski definition) is 1. The summed E-state index contributed by atoms with van der Waals surface area (Å²) < 4.78 is 11.7. The summed E-state index contributed by atoms with van der Waals surface area (Å²) in [4.78, 5) is 0. The van der Waals surface area contributed by atoms with Gasteiger partial charge in [0, 0.05) is 0 Å². The quantitative estimate of drug-likeness (QED) is 0.165. The van der Waals surface area contributed by atoms with Crippen molar-refractivity contribution in [2.75, 3.05) is 19.8 Å². The molecule has 3 aliphatic carbocycles. The van der Waals surface area contributed by atoms with Gasteiger partial charge < -0.3 is 14.6 Å². The summed E-state index contributed by atoms with van der Waals surface area (Å²) in [6.45, 7) is 2.89. The molecule has 9 rings (SSSR count). The van der Waals surface area contributed by atoms with Crippen LogP contribution in [0.5, 0.6) is 11.5 Å². The van der Waals surface area contributed by atoms with Crippen molar-refractivity contribution in [3.8, 4) is 33.8 Å². The van der Waals surface area contributed by atoms with Gasteiger partial charge in [-0.25, -0.2) is 0 Å². The number of benzene rings is 6. The van der Waals surface area contributed by atoms with Crippen LogP contribution < -0.4 is 9.47 Å². The van der Waals surface area contributed by atoms with Crippen molar-refractivity contribution in [1.82, 2.24) is 0 Å². The Bertz CT molecular complexity index is 2350. The Balaban J connectivity index is 1.15. The lowest BCUT2D eigenvalue weighted by Crippen LogP contribution is -2.28. The van der Waals surface area contributed by atoms with Crippen LogP contribution in [-0.4, -0.2) is 24.9 Å². The Morgan fingerprint density at radius 2 is 1.31 bits per heavy atom. The van der Waals surface area contributed by atoms with Crippen LogP contribution in [0.15, 0.2) is 133 Å². The predicted molar refractivity (Wildman–Crippen MR) is 213 cm³/mol. The molecule has 0 bridgehead atoms. The van der Waals surface area contributed by atoms with Crippen molar-refractivity contribution < 1.29 is 14.6 Å². The highest BCUT2D eigenvalue weighted by Crippen LogP contribution is 2.57. The number of hydrogen-bond acceptors (Lipinski definition) is 3. The van der Waals surface area contributed by atoms with E-state index in [0.717, 1.165) is 42.7 Å². The number of aliphatic hydroxyl groups excluding tert-OH is 1. The predicted octanol–water partition coefficient (Wildman–Crippen LogP) is 10.9. The third-order valence-corrected chi connectivity index (χ3v) is 11.2. The van der Waals surface area contributed by atoms with E-state index in [1.807, 2.05) is 19.1 Å². The lowest BCUT2D eigenvalue weighted by atomic mass is 9.67. The van der Waals surface area contributed by atoms with E-state index in [2.05, 4.69) is 133 Å². The summed E-state index contributed by atoms with van der Waals surface area (Å²) >= 11 is 0. The molecule has 6 aromatic carbocycles. The number of rotatable bonds is 9. The lowest BCUT2D eigenvalue weighted by molar-refractivity contribution is 0.201. The molecule has 3 heteroatoms. The number of allylic oxidation sites excluding steroid dienone is 2. The van der Waals surface area contributed by atoms with Crippen molar-refractivity contribution in [1.29, 1.82) is 0 Å². The first kappa shape index (κ1) is 32.3. The van der Waals surface area contributed by atoms with Gasteiger partial charge in [0.05, 0.1) is 18.6 Å². The summed E-state index contributed by atoms with van der Waals surface area (Å²) in [7, 11) is 0. The topological polar surface area (TPSA) is 38.7 Å². The van der Waals surface area contributed by atoms with E-state index in [1.54, 1.807) is 0 Å². The summed E-state index contributed by atoms with van der Waals surface area (Å²) in [6, 6.07) is 47.0. The number of ether oxygens (including phenoxy) is 2. The lowest BCUT2D eigenvalue weighted by Gasteiger charge is -2.34. The second kappa shape index (κ2) is 13.5. The van der Waals surface area contributed by atoms with Gasteiger partial charge >= 0.3 is 0 Å². The highest BCUT2D eigenvalue weighted by Gasteiger charge is 2.46. The van der Waals surface area contributed by atoms with Gasteiger partial charge in [-0.2, -0.15) is 0 Å². The highest BCUT2D eigenvalue weighted by molar-refractivity contribution is 5.90. The zero-order valence-electron chi connectivity index (χ0n) is 29.6. The molecule has 0 fully saturated rings. The molecule has 52 heavy (non-hydrogen) atoms. The van der Waals surface area contributed by atoms with Crippen molar-refractivity contribution >= 4 is 17.7 Å². The largest absolute Gasteiger partial charge is 0.494 e. The van der Waals surface area contributed by atoms with E-state index in [9.17, 15) is 5.11 Å². The first-order valence-electron chi connectivity index (χ1n) is 18.6. The molecule has 1 N–H and O–H groups in total. The summed E-state index contributed by atoms with van der Waals surface area (Å²) in [6.07, 6.45) is 11.3. The zero-order chi connectivity index (χ0) is 35.1. The molecule has 0 heterocycles. The molecule has 0 radical (unpaired) electrons. The molecule has 6 aromatic rings. The van der Waals surface area contributed by atoms with E-state index in [0.29, 0.717) is 6.61 Å². The van der Waals surface area contributed by atoms with Gasteiger partial charge in [0.2, 0.25) is 0 Å². The molecule has 256 valence electrons. The van der Waals surface area contributed by atoms with E-state index in [4.69, 9.17) is 9.47 Å². The van der Waals surface area contributed by atoms with Crippen molar-refractivity contribution in [2.45, 2.75) is 38.0 Å². The number of fused-ring (bicyclic) bond motifs is 5. The summed E-state index contributed by atoms with van der Waals surface area (Å²) in [5.41, 5.74) is 17.6. The van der Waals surface area contributed by atoms with Crippen LogP contribution in [0.2, 0.25) is 0 Å². The van der Waals surface area contributed by atoms with Crippen LogP contribution in [0.4, 0.5) is 0 Å². The molecule has 0 spiro atoms. The standard InChI is InChI=1S/C49H42O3/c1-2-51-43-22-18-41(19-23-43)49(42-20-24-44(25-21-42)52-28-27-50)47-10-6-5-9-45(47)46-26-17-40(32-48(46)49)39-16-15-37-30-36(13-14-38(37)31-39)35-12-11-33-7-3-4-8-34(33)29-35/h4-6,8-12,15-26,29-32,50H,2-3,7,13-14,27-28H2,1H3. The van der Waals surface area contributed by atoms with Gasteiger partial charge in [-0.05, 0) is 147 Å². The van der Waals surface area contributed by atoms with Crippen LogP contribution in [-0.2, 0) is 18.3 Å². The maximum atomic E-state index is 9.36. The van der Waals surface area contributed by atoms with E-state index >= 15 is 0 Å². The van der Waals surface area contributed by atoms with Gasteiger partial charge in [0.1, 0.15) is 18.1 Å². The molecule has 0 saturated heterocycles. The number of aliphatic hydroxyl groups is 1. The molecule has 1 atom stereocenters. The second-order valence-electron chi connectivity index (χ2n) is 14.0. The van der Waals surface area contributed by atoms with Gasteiger partial charge in [-0.3, -0.25) is 0 Å². The molecule has 0 amide bonds. The average molecular weight is 679 g/mol. The minimum absolute atomic E-state index is 0.0199. The Kier molecular flexibility index (Phi) is 8.37. The maximum absolute atomic E-state index is 9.36. The normalized spacial score (nSPS) is 16.7. The first-order chi connectivity index (χ1) is 25.6. The molecule has 3 nitrogen and oxygen atoms in total. The van der Waals surface area contributed by atoms with Gasteiger partial charge in [-0.1, -0.05) is 109 Å². The minimum Gasteiger partial charge on any atom is -0.494 e. The van der Waals surface area contributed by atoms with Gasteiger partial charge in [0.15, 0.2) is 0 Å². The third kappa shape index (κ3) is 5.48. The second-order valence-corrected chi connectivity index (χ2v) is 14.0. The van der Waals surface area contributed by atoms with Crippen LogP contribution in [0.1, 0.15) is 69.8 Å². The molecule has 0 aliphatic heterocycles. The fourth-order valence-electron chi connectivity index (χ4n) is 8.71. The van der Waals surface area contributed by atoms with Gasteiger partial charge in [-0.15, -0.1) is 0 Å². The van der Waals surface area contributed by atoms with Crippen molar-refractivity contribution in [3.63, 3.8) is 0 Å². The Morgan fingerprint density at radius 3 is 2.10 bits per heavy atom. The van der Waals surface area contributed by atoms with E-state index in [-0.39, 0.29) is 13.2 Å². The van der Waals surface area contributed by atoms with E-state index < -0.39 is 5.41 Å². The SMILES string of the molecule is CCOc1ccc(C2(c3ccc(OCCO)cc3)c3ccccc3-c3ccc(-c4ccc5c(c4)CCC(c4ccc6c(c4)C=CCC6)=C5)cc32)cc1. The number of aryl methyl sites for hydroxylation is 2. The minimum atomic E-state index is -0.557. The molecule has 0 saturated carbocycles.